The summed E-state index contributed by atoms with van der Waals surface area (Å²) >= 11 is 0. The van der Waals surface area contributed by atoms with Crippen LogP contribution in [0.2, 0.25) is 0 Å². The molecule has 1 aromatic carbocycles. The van der Waals surface area contributed by atoms with Gasteiger partial charge in [0.15, 0.2) is 0 Å². The lowest BCUT2D eigenvalue weighted by molar-refractivity contribution is 0.603. The number of aromatic nitrogens is 2. The average molecular weight is 233 g/mol. The van der Waals surface area contributed by atoms with Crippen LogP contribution in [0.1, 0.15) is 29.9 Å². The van der Waals surface area contributed by atoms with Gasteiger partial charge >= 0.3 is 0 Å². The minimum Gasteiger partial charge on any atom is -0.324 e. The van der Waals surface area contributed by atoms with Gasteiger partial charge in [0.2, 0.25) is 0 Å². The number of benzene rings is 1. The predicted octanol–water partition coefficient (Wildman–Crippen LogP) is 2.65. The summed E-state index contributed by atoms with van der Waals surface area (Å²) in [4.78, 5) is 0. The van der Waals surface area contributed by atoms with Crippen molar-refractivity contribution in [1.82, 2.24) is 9.78 Å². The van der Waals surface area contributed by atoms with Gasteiger partial charge in [-0.3, -0.25) is 0 Å². The van der Waals surface area contributed by atoms with Gasteiger partial charge < -0.3 is 5.73 Å². The van der Waals surface area contributed by atoms with Gasteiger partial charge in [-0.2, -0.15) is 5.10 Å². The molecule has 0 aliphatic rings. The third kappa shape index (κ3) is 2.22. The first-order valence-corrected chi connectivity index (χ1v) is 5.57. The molecule has 1 atom stereocenters. The zero-order valence-electron chi connectivity index (χ0n) is 10.2. The summed E-state index contributed by atoms with van der Waals surface area (Å²) in [5.74, 6) is -0.300. The van der Waals surface area contributed by atoms with Crippen molar-refractivity contribution in [2.24, 2.45) is 5.73 Å². The fraction of sp³-hybridized carbons (Fsp3) is 0.308. The molecule has 2 aromatic rings. The molecule has 0 aliphatic heterocycles. The Morgan fingerprint density at radius 1 is 1.29 bits per heavy atom. The Labute approximate surface area is 100 Å². The summed E-state index contributed by atoms with van der Waals surface area (Å²) in [6.45, 7) is 5.62. The number of nitrogens with zero attached hydrogens (tertiary/aromatic N) is 2. The smallest absolute Gasteiger partial charge is 0.149 e. The largest absolute Gasteiger partial charge is 0.324 e. The number of hydrogen-bond acceptors (Lipinski definition) is 2. The van der Waals surface area contributed by atoms with Gasteiger partial charge in [-0.05, 0) is 44.5 Å². The van der Waals surface area contributed by atoms with E-state index in [0.717, 1.165) is 17.0 Å². The second-order valence-electron chi connectivity index (χ2n) is 4.34. The maximum atomic E-state index is 14.0. The molecule has 1 aromatic heterocycles. The molecule has 0 bridgehead atoms. The molecule has 0 aliphatic carbocycles. The van der Waals surface area contributed by atoms with E-state index in [2.05, 4.69) is 5.10 Å². The van der Waals surface area contributed by atoms with Gasteiger partial charge in [0.05, 0.1) is 5.69 Å². The molecule has 0 fully saturated rings. The molecule has 4 heteroatoms. The molecule has 0 saturated heterocycles. The van der Waals surface area contributed by atoms with E-state index < -0.39 is 0 Å². The van der Waals surface area contributed by atoms with Crippen molar-refractivity contribution < 1.29 is 4.39 Å². The Balaban J connectivity index is 2.50. The third-order valence-electron chi connectivity index (χ3n) is 2.74. The highest BCUT2D eigenvalue weighted by molar-refractivity contribution is 5.38. The van der Waals surface area contributed by atoms with Crippen LogP contribution in [0.5, 0.6) is 0 Å². The number of aryl methyl sites for hydroxylation is 2. The van der Waals surface area contributed by atoms with Crippen LogP contribution in [-0.2, 0) is 0 Å². The van der Waals surface area contributed by atoms with Gasteiger partial charge in [0.1, 0.15) is 11.5 Å². The average Bonchev–Trinajstić information content (AvgIpc) is 2.57. The van der Waals surface area contributed by atoms with E-state index in [4.69, 9.17) is 5.73 Å². The molecule has 2 N–H and O–H groups in total. The summed E-state index contributed by atoms with van der Waals surface area (Å²) in [5, 5.41) is 4.26. The molecule has 0 spiro atoms. The predicted molar refractivity (Wildman–Crippen MR) is 65.6 cm³/mol. The summed E-state index contributed by atoms with van der Waals surface area (Å²) in [6, 6.07) is 6.77. The molecular formula is C13H16FN3. The second-order valence-corrected chi connectivity index (χ2v) is 4.34. The highest BCUT2D eigenvalue weighted by atomic mass is 19.1. The number of rotatable bonds is 2. The number of nitrogens with two attached hydrogens (primary N) is 1. The molecule has 1 heterocycles. The molecule has 0 amide bonds. The van der Waals surface area contributed by atoms with Gasteiger partial charge in [-0.15, -0.1) is 0 Å². The maximum Gasteiger partial charge on any atom is 0.149 e. The lowest BCUT2D eigenvalue weighted by Crippen LogP contribution is -2.07. The standard InChI is InChI=1S/C13H16FN3/c1-8-6-9(2)17(16-8)13-5-4-11(10(3)15)7-12(13)14/h4-7,10H,15H2,1-3H3/t10-/m1/s1. The Morgan fingerprint density at radius 2 is 2.00 bits per heavy atom. The van der Waals surface area contributed by atoms with Crippen LogP contribution < -0.4 is 5.73 Å². The highest BCUT2D eigenvalue weighted by Crippen LogP contribution is 2.19. The molecule has 3 nitrogen and oxygen atoms in total. The van der Waals surface area contributed by atoms with Gasteiger partial charge in [0.25, 0.3) is 0 Å². The van der Waals surface area contributed by atoms with Gasteiger partial charge in [-0.25, -0.2) is 9.07 Å². The topological polar surface area (TPSA) is 43.8 Å². The van der Waals surface area contributed by atoms with E-state index in [1.165, 1.54) is 6.07 Å². The lowest BCUT2D eigenvalue weighted by atomic mass is 10.1. The minimum atomic E-state index is -0.300. The first-order chi connectivity index (χ1) is 7.99. The first kappa shape index (κ1) is 11.8. The van der Waals surface area contributed by atoms with E-state index in [0.29, 0.717) is 5.69 Å². The zero-order chi connectivity index (χ0) is 12.6. The van der Waals surface area contributed by atoms with Gasteiger partial charge in [0, 0.05) is 11.7 Å². The Bertz CT molecular complexity index is 544. The van der Waals surface area contributed by atoms with Gasteiger partial charge in [-0.1, -0.05) is 6.07 Å². The molecule has 0 radical (unpaired) electrons. The van der Waals surface area contributed by atoms with E-state index in [1.54, 1.807) is 10.7 Å². The summed E-state index contributed by atoms with van der Waals surface area (Å²) in [5.41, 5.74) is 8.74. The maximum absolute atomic E-state index is 14.0. The van der Waals surface area contributed by atoms with Crippen molar-refractivity contribution in [2.45, 2.75) is 26.8 Å². The lowest BCUT2D eigenvalue weighted by Gasteiger charge is -2.10. The summed E-state index contributed by atoms with van der Waals surface area (Å²) in [7, 11) is 0. The summed E-state index contributed by atoms with van der Waals surface area (Å²) in [6.07, 6.45) is 0. The number of hydrogen-bond donors (Lipinski definition) is 1. The first-order valence-electron chi connectivity index (χ1n) is 5.57. The zero-order valence-corrected chi connectivity index (χ0v) is 10.2. The number of halogens is 1. The second kappa shape index (κ2) is 4.30. The van der Waals surface area contributed by atoms with Crippen LogP contribution in [0, 0.1) is 19.7 Å². The van der Waals surface area contributed by atoms with Crippen molar-refractivity contribution in [3.8, 4) is 5.69 Å². The monoisotopic (exact) mass is 233 g/mol. The van der Waals surface area contributed by atoms with Crippen LogP contribution >= 0.6 is 0 Å². The van der Waals surface area contributed by atoms with Crippen LogP contribution in [-0.4, -0.2) is 9.78 Å². The van der Waals surface area contributed by atoms with Crippen LogP contribution in [0.25, 0.3) is 5.69 Å². The van der Waals surface area contributed by atoms with Crippen LogP contribution in [0.3, 0.4) is 0 Å². The fourth-order valence-corrected chi connectivity index (χ4v) is 1.85. The van der Waals surface area contributed by atoms with Crippen molar-refractivity contribution >= 4 is 0 Å². The molecule has 2 rings (SSSR count). The third-order valence-corrected chi connectivity index (χ3v) is 2.74. The molecule has 0 saturated carbocycles. The van der Waals surface area contributed by atoms with E-state index in [1.807, 2.05) is 32.9 Å². The molecule has 90 valence electrons. The van der Waals surface area contributed by atoms with Crippen molar-refractivity contribution in [3.63, 3.8) is 0 Å². The van der Waals surface area contributed by atoms with Crippen molar-refractivity contribution in [2.75, 3.05) is 0 Å². The molecular weight excluding hydrogens is 217 g/mol. The molecule has 17 heavy (non-hydrogen) atoms. The van der Waals surface area contributed by atoms with Crippen LogP contribution in [0.15, 0.2) is 24.3 Å². The summed E-state index contributed by atoms with van der Waals surface area (Å²) < 4.78 is 15.6. The van der Waals surface area contributed by atoms with Crippen LogP contribution in [0.4, 0.5) is 4.39 Å². The molecule has 0 unspecified atom stereocenters. The highest BCUT2D eigenvalue weighted by Gasteiger charge is 2.10. The van der Waals surface area contributed by atoms with Crippen molar-refractivity contribution in [1.29, 1.82) is 0 Å². The quantitative estimate of drug-likeness (QED) is 0.866. The Morgan fingerprint density at radius 3 is 2.47 bits per heavy atom. The normalized spacial score (nSPS) is 12.8. The van der Waals surface area contributed by atoms with E-state index in [9.17, 15) is 4.39 Å². The van der Waals surface area contributed by atoms with E-state index >= 15 is 0 Å². The SMILES string of the molecule is Cc1cc(C)n(-c2ccc([C@@H](C)N)cc2F)n1. The van der Waals surface area contributed by atoms with Crippen molar-refractivity contribution in [3.05, 3.63) is 47.0 Å². The fourth-order valence-electron chi connectivity index (χ4n) is 1.85. The van der Waals surface area contributed by atoms with E-state index in [-0.39, 0.29) is 11.9 Å². The Hall–Kier alpha value is -1.68. The Kier molecular flexibility index (Phi) is 2.98. The minimum absolute atomic E-state index is 0.168.